The Morgan fingerprint density at radius 3 is 2.70 bits per heavy atom. The van der Waals surface area contributed by atoms with Crippen LogP contribution in [0, 0.1) is 17.5 Å². The van der Waals surface area contributed by atoms with Gasteiger partial charge in [-0.15, -0.1) is 0 Å². The number of benzene rings is 2. The SMILES string of the molecule is Cc1ccccc1-n1c(=S)[nH]c(=O)c2ccc(F)cc21. The van der Waals surface area contributed by atoms with Crippen LogP contribution in [0.5, 0.6) is 0 Å². The number of hydrogen-bond acceptors (Lipinski definition) is 2. The van der Waals surface area contributed by atoms with Crippen molar-refractivity contribution in [3.05, 3.63) is 69.0 Å². The summed E-state index contributed by atoms with van der Waals surface area (Å²) >= 11 is 5.24. The highest BCUT2D eigenvalue weighted by molar-refractivity contribution is 7.71. The van der Waals surface area contributed by atoms with Crippen molar-refractivity contribution in [2.45, 2.75) is 6.92 Å². The quantitative estimate of drug-likeness (QED) is 0.695. The monoisotopic (exact) mass is 286 g/mol. The van der Waals surface area contributed by atoms with Crippen molar-refractivity contribution in [3.63, 3.8) is 0 Å². The van der Waals surface area contributed by atoms with Crippen LogP contribution in [0.25, 0.3) is 16.6 Å². The number of H-pyrrole nitrogens is 1. The van der Waals surface area contributed by atoms with Crippen molar-refractivity contribution < 1.29 is 4.39 Å². The molecule has 1 heterocycles. The van der Waals surface area contributed by atoms with Gasteiger partial charge in [0.2, 0.25) is 0 Å². The summed E-state index contributed by atoms with van der Waals surface area (Å²) in [5.41, 5.74) is 1.97. The van der Waals surface area contributed by atoms with Crippen LogP contribution in [-0.4, -0.2) is 9.55 Å². The summed E-state index contributed by atoms with van der Waals surface area (Å²) < 4.78 is 15.5. The van der Waals surface area contributed by atoms with Crippen LogP contribution in [0.15, 0.2) is 47.3 Å². The maximum atomic E-state index is 13.5. The highest BCUT2D eigenvalue weighted by Gasteiger charge is 2.09. The van der Waals surface area contributed by atoms with E-state index in [-0.39, 0.29) is 10.3 Å². The minimum absolute atomic E-state index is 0.252. The Balaban J connectivity index is 2.54. The minimum Gasteiger partial charge on any atom is -0.298 e. The second kappa shape index (κ2) is 4.68. The molecule has 0 spiro atoms. The van der Waals surface area contributed by atoms with Gasteiger partial charge in [0.15, 0.2) is 4.77 Å². The standard InChI is InChI=1S/C15H11FN2OS/c1-9-4-2-3-5-12(9)18-13-8-10(16)6-7-11(13)14(19)17-15(18)20/h2-8H,1H3,(H,17,19,20). The summed E-state index contributed by atoms with van der Waals surface area (Å²) in [5, 5.41) is 0.406. The van der Waals surface area contributed by atoms with E-state index in [2.05, 4.69) is 4.98 Å². The molecule has 0 aliphatic carbocycles. The zero-order chi connectivity index (χ0) is 14.3. The van der Waals surface area contributed by atoms with Crippen LogP contribution in [0.2, 0.25) is 0 Å². The van der Waals surface area contributed by atoms with E-state index in [9.17, 15) is 9.18 Å². The summed E-state index contributed by atoms with van der Waals surface area (Å²) in [5.74, 6) is -0.403. The van der Waals surface area contributed by atoms with E-state index < -0.39 is 5.82 Å². The van der Waals surface area contributed by atoms with Crippen molar-refractivity contribution in [2.75, 3.05) is 0 Å². The molecule has 0 atom stereocenters. The minimum atomic E-state index is -0.403. The van der Waals surface area contributed by atoms with E-state index in [1.807, 2.05) is 31.2 Å². The number of aromatic amines is 1. The summed E-state index contributed by atoms with van der Waals surface area (Å²) in [4.78, 5) is 14.5. The third-order valence-corrected chi connectivity index (χ3v) is 3.51. The van der Waals surface area contributed by atoms with Gasteiger partial charge in [-0.1, -0.05) is 18.2 Å². The van der Waals surface area contributed by atoms with E-state index in [4.69, 9.17) is 12.2 Å². The third kappa shape index (κ3) is 1.96. The Bertz CT molecular complexity index is 927. The van der Waals surface area contributed by atoms with Crippen molar-refractivity contribution >= 4 is 23.1 Å². The van der Waals surface area contributed by atoms with Crippen LogP contribution in [0.4, 0.5) is 4.39 Å². The molecule has 20 heavy (non-hydrogen) atoms. The number of nitrogens with one attached hydrogen (secondary N) is 1. The number of aryl methyl sites for hydroxylation is 1. The summed E-state index contributed by atoms with van der Waals surface area (Å²) in [6.45, 7) is 1.94. The summed E-state index contributed by atoms with van der Waals surface area (Å²) in [6.07, 6.45) is 0. The topological polar surface area (TPSA) is 37.8 Å². The Morgan fingerprint density at radius 1 is 1.20 bits per heavy atom. The van der Waals surface area contributed by atoms with Crippen molar-refractivity contribution in [1.29, 1.82) is 0 Å². The van der Waals surface area contributed by atoms with Crippen molar-refractivity contribution in [2.24, 2.45) is 0 Å². The van der Waals surface area contributed by atoms with E-state index in [1.54, 1.807) is 4.57 Å². The predicted octanol–water partition coefficient (Wildman–Crippen LogP) is 3.50. The molecule has 0 aliphatic rings. The number of rotatable bonds is 1. The maximum Gasteiger partial charge on any atom is 0.259 e. The predicted molar refractivity (Wildman–Crippen MR) is 79.4 cm³/mol. The Labute approximate surface area is 119 Å². The molecule has 3 aromatic rings. The van der Waals surface area contributed by atoms with Gasteiger partial charge in [-0.25, -0.2) is 4.39 Å². The van der Waals surface area contributed by atoms with Gasteiger partial charge in [-0.05, 0) is 49.0 Å². The molecule has 0 amide bonds. The second-order valence-corrected chi connectivity index (χ2v) is 4.93. The normalized spacial score (nSPS) is 10.9. The van der Waals surface area contributed by atoms with Crippen LogP contribution < -0.4 is 5.56 Å². The van der Waals surface area contributed by atoms with Crippen LogP contribution in [0.3, 0.4) is 0 Å². The van der Waals surface area contributed by atoms with Gasteiger partial charge in [-0.2, -0.15) is 0 Å². The van der Waals surface area contributed by atoms with E-state index in [0.29, 0.717) is 10.9 Å². The van der Waals surface area contributed by atoms with Crippen molar-refractivity contribution in [3.8, 4) is 5.69 Å². The average molecular weight is 286 g/mol. The molecule has 1 N–H and O–H groups in total. The van der Waals surface area contributed by atoms with Gasteiger partial charge in [0.25, 0.3) is 5.56 Å². The summed E-state index contributed by atoms with van der Waals surface area (Å²) in [6, 6.07) is 11.7. The molecule has 0 saturated carbocycles. The fourth-order valence-electron chi connectivity index (χ4n) is 2.27. The van der Waals surface area contributed by atoms with E-state index in [0.717, 1.165) is 11.3 Å². The molecule has 0 saturated heterocycles. The zero-order valence-corrected chi connectivity index (χ0v) is 11.5. The highest BCUT2D eigenvalue weighted by Crippen LogP contribution is 2.20. The molecule has 1 aromatic heterocycles. The first-order valence-corrected chi connectivity index (χ1v) is 6.49. The van der Waals surface area contributed by atoms with Crippen molar-refractivity contribution in [1.82, 2.24) is 9.55 Å². The first-order chi connectivity index (χ1) is 9.58. The van der Waals surface area contributed by atoms with Gasteiger partial charge in [-0.3, -0.25) is 14.3 Å². The maximum absolute atomic E-state index is 13.5. The number of nitrogens with zero attached hydrogens (tertiary/aromatic N) is 1. The van der Waals surface area contributed by atoms with Gasteiger partial charge in [0.05, 0.1) is 16.6 Å². The highest BCUT2D eigenvalue weighted by atomic mass is 32.1. The molecule has 0 unspecified atom stereocenters. The lowest BCUT2D eigenvalue weighted by Gasteiger charge is -2.13. The first kappa shape index (κ1) is 12.7. The van der Waals surface area contributed by atoms with Gasteiger partial charge in [0.1, 0.15) is 5.82 Å². The molecule has 5 heteroatoms. The van der Waals surface area contributed by atoms with Crippen LogP contribution in [-0.2, 0) is 0 Å². The number of halogens is 1. The molecule has 0 radical (unpaired) electrons. The fraction of sp³-hybridized carbons (Fsp3) is 0.0667. The molecular formula is C15H11FN2OS. The smallest absolute Gasteiger partial charge is 0.259 e. The second-order valence-electron chi connectivity index (χ2n) is 4.54. The number of para-hydroxylation sites is 1. The Hall–Kier alpha value is -2.27. The Morgan fingerprint density at radius 2 is 1.95 bits per heavy atom. The van der Waals surface area contributed by atoms with Crippen LogP contribution in [0.1, 0.15) is 5.56 Å². The van der Waals surface area contributed by atoms with Crippen LogP contribution >= 0.6 is 12.2 Å². The summed E-state index contributed by atoms with van der Waals surface area (Å²) in [7, 11) is 0. The lowest BCUT2D eigenvalue weighted by atomic mass is 10.1. The molecule has 100 valence electrons. The number of fused-ring (bicyclic) bond motifs is 1. The molecule has 2 aromatic carbocycles. The molecule has 0 aliphatic heterocycles. The Kier molecular flexibility index (Phi) is 2.99. The lowest BCUT2D eigenvalue weighted by molar-refractivity contribution is 0.629. The van der Waals surface area contributed by atoms with Gasteiger partial charge < -0.3 is 0 Å². The van der Waals surface area contributed by atoms with E-state index in [1.165, 1.54) is 18.2 Å². The third-order valence-electron chi connectivity index (χ3n) is 3.23. The molecule has 0 fully saturated rings. The molecule has 0 bridgehead atoms. The zero-order valence-electron chi connectivity index (χ0n) is 10.7. The van der Waals surface area contributed by atoms with E-state index >= 15 is 0 Å². The molecule has 3 rings (SSSR count). The average Bonchev–Trinajstić information content (AvgIpc) is 2.40. The molecule has 3 nitrogen and oxygen atoms in total. The number of aromatic nitrogens is 2. The number of hydrogen-bond donors (Lipinski definition) is 1. The lowest BCUT2D eigenvalue weighted by Crippen LogP contribution is -2.14. The van der Waals surface area contributed by atoms with Gasteiger partial charge in [0, 0.05) is 0 Å². The largest absolute Gasteiger partial charge is 0.298 e. The van der Waals surface area contributed by atoms with Gasteiger partial charge >= 0.3 is 0 Å². The fourth-order valence-corrected chi connectivity index (χ4v) is 2.55. The molecular weight excluding hydrogens is 275 g/mol. The first-order valence-electron chi connectivity index (χ1n) is 6.08.